The number of nitrogens with two attached hydrogens (primary N) is 1. The zero-order chi connectivity index (χ0) is 17.1. The third-order valence-electron chi connectivity index (χ3n) is 3.94. The summed E-state index contributed by atoms with van der Waals surface area (Å²) < 4.78 is 0. The molecule has 0 spiro atoms. The van der Waals surface area contributed by atoms with Gasteiger partial charge in [-0.3, -0.25) is 14.9 Å². The first-order chi connectivity index (χ1) is 10.9. The first-order valence-corrected chi connectivity index (χ1v) is 8.38. The number of benzene rings is 1. The maximum Gasteiger partial charge on any atom is 0.306 e. The summed E-state index contributed by atoms with van der Waals surface area (Å²) in [4.78, 5) is 26.4. The molecule has 0 fully saturated rings. The van der Waals surface area contributed by atoms with Crippen molar-refractivity contribution in [3.8, 4) is 0 Å². The van der Waals surface area contributed by atoms with E-state index in [2.05, 4.69) is 4.98 Å². The van der Waals surface area contributed by atoms with Gasteiger partial charge in [-0.05, 0) is 44.2 Å². The maximum absolute atomic E-state index is 11.4. The second kappa shape index (κ2) is 7.01. The quantitative estimate of drug-likeness (QED) is 0.405. The van der Waals surface area contributed by atoms with E-state index < -0.39 is 16.8 Å². The molecule has 0 bridgehead atoms. The van der Waals surface area contributed by atoms with Gasteiger partial charge >= 0.3 is 5.97 Å². The number of nitro groups is 1. The number of nitrogens with one attached hydrogen (secondary N) is 1. The highest BCUT2D eigenvalue weighted by atomic mass is 32.2. The van der Waals surface area contributed by atoms with Crippen molar-refractivity contribution in [1.29, 1.82) is 0 Å². The van der Waals surface area contributed by atoms with Crippen molar-refractivity contribution >= 4 is 34.3 Å². The molecule has 1 atom stereocenters. The lowest BCUT2D eigenvalue weighted by atomic mass is 9.94. The summed E-state index contributed by atoms with van der Waals surface area (Å²) in [6, 6.07) is 3.18. The van der Waals surface area contributed by atoms with Crippen molar-refractivity contribution in [2.24, 2.45) is 11.7 Å². The van der Waals surface area contributed by atoms with Crippen LogP contribution in [0.3, 0.4) is 0 Å². The van der Waals surface area contributed by atoms with Gasteiger partial charge in [-0.2, -0.15) is 0 Å². The van der Waals surface area contributed by atoms with E-state index in [0.717, 1.165) is 10.6 Å². The molecule has 0 amide bonds. The molecule has 8 heteroatoms. The SMILES string of the molecule is CSc1ccc([N+](=O)[O-])c2c(CC(CCN)C(=O)O)c(C)[nH]c12. The number of carboxylic acid groups (broad SMARTS) is 1. The normalized spacial score (nSPS) is 12.5. The molecule has 0 aliphatic heterocycles. The molecular weight excluding hydrogens is 318 g/mol. The van der Waals surface area contributed by atoms with Crippen LogP contribution in [0.15, 0.2) is 17.0 Å². The Morgan fingerprint density at radius 1 is 1.52 bits per heavy atom. The van der Waals surface area contributed by atoms with E-state index in [0.29, 0.717) is 22.9 Å². The first kappa shape index (κ1) is 17.3. The molecule has 0 saturated carbocycles. The van der Waals surface area contributed by atoms with Crippen molar-refractivity contribution in [2.45, 2.75) is 24.7 Å². The number of aryl methyl sites for hydroxylation is 1. The fourth-order valence-corrected chi connectivity index (χ4v) is 3.35. The summed E-state index contributed by atoms with van der Waals surface area (Å²) >= 11 is 1.49. The standard InChI is InChI=1S/C15H19N3O4S/c1-8-10(7-9(5-6-16)15(19)20)13-11(18(21)22)3-4-12(23-2)14(13)17-8/h3-4,9,17H,5-7,16H2,1-2H3,(H,19,20). The van der Waals surface area contributed by atoms with E-state index in [-0.39, 0.29) is 18.7 Å². The number of nitro benzene ring substituents is 1. The number of H-pyrrole nitrogens is 1. The molecule has 0 aliphatic carbocycles. The van der Waals surface area contributed by atoms with E-state index in [1.807, 2.05) is 13.2 Å². The van der Waals surface area contributed by atoms with Crippen LogP contribution in [0.2, 0.25) is 0 Å². The van der Waals surface area contributed by atoms with Crippen LogP contribution in [0.5, 0.6) is 0 Å². The van der Waals surface area contributed by atoms with Gasteiger partial charge in [0.2, 0.25) is 0 Å². The highest BCUT2D eigenvalue weighted by Gasteiger charge is 2.26. The third kappa shape index (κ3) is 3.32. The van der Waals surface area contributed by atoms with Gasteiger partial charge in [-0.25, -0.2) is 0 Å². The van der Waals surface area contributed by atoms with Crippen molar-refractivity contribution in [3.63, 3.8) is 0 Å². The number of nitrogens with zero attached hydrogens (tertiary/aromatic N) is 1. The lowest BCUT2D eigenvalue weighted by Gasteiger charge is -2.11. The highest BCUT2D eigenvalue weighted by molar-refractivity contribution is 7.98. The number of aromatic nitrogens is 1. The highest BCUT2D eigenvalue weighted by Crippen LogP contribution is 2.37. The second-order valence-corrected chi connectivity index (χ2v) is 6.19. The lowest BCUT2D eigenvalue weighted by Crippen LogP contribution is -2.20. The molecule has 0 radical (unpaired) electrons. The zero-order valence-corrected chi connectivity index (χ0v) is 13.8. The smallest absolute Gasteiger partial charge is 0.306 e. The Hall–Kier alpha value is -2.06. The molecular formula is C15H19N3O4S. The minimum absolute atomic E-state index is 0.00552. The monoisotopic (exact) mass is 337 g/mol. The minimum atomic E-state index is -0.937. The number of carboxylic acids is 1. The van der Waals surface area contributed by atoms with Crippen molar-refractivity contribution in [1.82, 2.24) is 4.98 Å². The number of aliphatic carboxylic acids is 1. The fourth-order valence-electron chi connectivity index (χ4n) is 2.79. The van der Waals surface area contributed by atoms with Gasteiger partial charge in [0.15, 0.2) is 0 Å². The maximum atomic E-state index is 11.4. The number of non-ortho nitro benzene ring substituents is 1. The van der Waals surface area contributed by atoms with Gasteiger partial charge in [-0.1, -0.05) is 0 Å². The van der Waals surface area contributed by atoms with E-state index >= 15 is 0 Å². The molecule has 124 valence electrons. The summed E-state index contributed by atoms with van der Waals surface area (Å²) in [5, 5.41) is 21.2. The van der Waals surface area contributed by atoms with Gasteiger partial charge in [0.05, 0.1) is 21.7 Å². The van der Waals surface area contributed by atoms with Gasteiger partial charge in [0, 0.05) is 16.7 Å². The molecule has 23 heavy (non-hydrogen) atoms. The summed E-state index contributed by atoms with van der Waals surface area (Å²) in [6.07, 6.45) is 2.44. The largest absolute Gasteiger partial charge is 0.481 e. The molecule has 4 N–H and O–H groups in total. The predicted molar refractivity (Wildman–Crippen MR) is 90.0 cm³/mol. The zero-order valence-electron chi connectivity index (χ0n) is 13.0. The van der Waals surface area contributed by atoms with Crippen LogP contribution < -0.4 is 5.73 Å². The minimum Gasteiger partial charge on any atom is -0.481 e. The van der Waals surface area contributed by atoms with Crippen molar-refractivity contribution < 1.29 is 14.8 Å². The number of hydrogen-bond acceptors (Lipinski definition) is 5. The Bertz CT molecular complexity index is 757. The Labute approximate surface area is 137 Å². The summed E-state index contributed by atoms with van der Waals surface area (Å²) in [6.45, 7) is 2.07. The average molecular weight is 337 g/mol. The number of thioether (sulfide) groups is 1. The van der Waals surface area contributed by atoms with Gasteiger partial charge in [0.1, 0.15) is 0 Å². The van der Waals surface area contributed by atoms with Crippen LogP contribution in [-0.4, -0.2) is 33.8 Å². The Kier molecular flexibility index (Phi) is 5.27. The topological polar surface area (TPSA) is 122 Å². The predicted octanol–water partition coefficient (Wildman–Crippen LogP) is 2.70. The van der Waals surface area contributed by atoms with Crippen LogP contribution in [0.25, 0.3) is 10.9 Å². The summed E-state index contributed by atoms with van der Waals surface area (Å²) in [7, 11) is 0. The first-order valence-electron chi connectivity index (χ1n) is 7.16. The Balaban J connectivity index is 2.65. The Morgan fingerprint density at radius 3 is 2.74 bits per heavy atom. The van der Waals surface area contributed by atoms with E-state index in [4.69, 9.17) is 5.73 Å². The molecule has 1 unspecified atom stereocenters. The summed E-state index contributed by atoms with van der Waals surface area (Å²) in [5.41, 5.74) is 7.61. The average Bonchev–Trinajstić information content (AvgIpc) is 2.82. The van der Waals surface area contributed by atoms with Crippen LogP contribution in [-0.2, 0) is 11.2 Å². The third-order valence-corrected chi connectivity index (χ3v) is 4.72. The molecule has 7 nitrogen and oxygen atoms in total. The van der Waals surface area contributed by atoms with Gasteiger partial charge < -0.3 is 15.8 Å². The van der Waals surface area contributed by atoms with E-state index in [9.17, 15) is 20.0 Å². The molecule has 0 saturated heterocycles. The van der Waals surface area contributed by atoms with E-state index in [1.165, 1.54) is 17.8 Å². The van der Waals surface area contributed by atoms with Crippen molar-refractivity contribution in [2.75, 3.05) is 12.8 Å². The van der Waals surface area contributed by atoms with Crippen molar-refractivity contribution in [3.05, 3.63) is 33.5 Å². The Morgan fingerprint density at radius 2 is 2.22 bits per heavy atom. The van der Waals surface area contributed by atoms with Crippen LogP contribution in [0.1, 0.15) is 17.7 Å². The molecule has 2 rings (SSSR count). The molecule has 1 aromatic heterocycles. The number of rotatable bonds is 7. The van der Waals surface area contributed by atoms with Crippen LogP contribution in [0, 0.1) is 23.0 Å². The number of hydrogen-bond donors (Lipinski definition) is 3. The summed E-state index contributed by atoms with van der Waals surface area (Å²) in [5.74, 6) is -1.59. The molecule has 1 heterocycles. The number of aromatic amines is 1. The molecule has 0 aliphatic rings. The second-order valence-electron chi connectivity index (χ2n) is 5.34. The van der Waals surface area contributed by atoms with E-state index in [1.54, 1.807) is 6.07 Å². The fraction of sp³-hybridized carbons (Fsp3) is 0.400. The number of fused-ring (bicyclic) bond motifs is 1. The van der Waals surface area contributed by atoms with Crippen LogP contribution >= 0.6 is 11.8 Å². The molecule has 1 aromatic carbocycles. The number of carbonyl (C=O) groups is 1. The lowest BCUT2D eigenvalue weighted by molar-refractivity contribution is -0.383. The van der Waals surface area contributed by atoms with Gasteiger partial charge in [-0.15, -0.1) is 11.8 Å². The van der Waals surface area contributed by atoms with Crippen LogP contribution in [0.4, 0.5) is 5.69 Å². The van der Waals surface area contributed by atoms with Gasteiger partial charge in [0.25, 0.3) is 5.69 Å². The molecule has 2 aromatic rings.